The van der Waals surface area contributed by atoms with E-state index in [4.69, 9.17) is 9.72 Å². The van der Waals surface area contributed by atoms with Crippen LogP contribution in [0.4, 0.5) is 5.13 Å². The molecule has 4 rings (SSSR count). The number of thiazole rings is 1. The maximum atomic E-state index is 13.8. The molecular formula is C26H34N4O4S2. The highest BCUT2D eigenvalue weighted by Crippen LogP contribution is 2.37. The Morgan fingerprint density at radius 1 is 1.08 bits per heavy atom. The smallest absolute Gasteiger partial charge is 0.243 e. The van der Waals surface area contributed by atoms with Gasteiger partial charge in [0, 0.05) is 32.1 Å². The van der Waals surface area contributed by atoms with Gasteiger partial charge in [0.15, 0.2) is 5.13 Å². The number of likely N-dealkylation sites (N-methyl/N-ethyl adjacent to an activating group) is 1. The van der Waals surface area contributed by atoms with Gasteiger partial charge in [-0.2, -0.15) is 4.31 Å². The van der Waals surface area contributed by atoms with Gasteiger partial charge in [-0.25, -0.2) is 13.4 Å². The monoisotopic (exact) mass is 530 g/mol. The van der Waals surface area contributed by atoms with Crippen LogP contribution < -0.4 is 9.64 Å². The molecule has 0 atom stereocenters. The maximum absolute atomic E-state index is 13.8. The number of aryl methyl sites for hydroxylation is 2. The molecule has 0 saturated carbocycles. The number of rotatable bonds is 8. The molecule has 0 N–H and O–H groups in total. The normalized spacial score (nSPS) is 15.5. The molecule has 194 valence electrons. The van der Waals surface area contributed by atoms with E-state index in [9.17, 15) is 13.2 Å². The first-order chi connectivity index (χ1) is 17.1. The van der Waals surface area contributed by atoms with Crippen molar-refractivity contribution >= 4 is 42.6 Å². The first kappa shape index (κ1) is 26.5. The number of ether oxygens (including phenoxy) is 1. The van der Waals surface area contributed by atoms with Crippen LogP contribution >= 0.6 is 11.3 Å². The van der Waals surface area contributed by atoms with Crippen LogP contribution in [0.5, 0.6) is 5.75 Å². The van der Waals surface area contributed by atoms with Gasteiger partial charge in [0.25, 0.3) is 0 Å². The first-order valence-electron chi connectivity index (χ1n) is 12.1. The second kappa shape index (κ2) is 10.8. The number of methoxy groups -OCH3 is 1. The number of aromatic nitrogens is 1. The van der Waals surface area contributed by atoms with Crippen molar-refractivity contribution in [1.82, 2.24) is 14.2 Å². The molecule has 1 aliphatic rings. The lowest BCUT2D eigenvalue weighted by Crippen LogP contribution is -2.46. The highest BCUT2D eigenvalue weighted by molar-refractivity contribution is 7.89. The Bertz CT molecular complexity index is 1330. The van der Waals surface area contributed by atoms with Crippen LogP contribution in [-0.4, -0.2) is 75.9 Å². The highest BCUT2D eigenvalue weighted by atomic mass is 32.2. The summed E-state index contributed by atoms with van der Waals surface area (Å²) in [6.45, 7) is 5.80. The maximum Gasteiger partial charge on any atom is 0.243 e. The SMILES string of the molecule is COc1ccc(C)c2sc(N(CCN(C)C)C(=O)C3CCN(S(=O)(=O)c4ccc(C)cc4)CC3)nc12. The van der Waals surface area contributed by atoms with Crippen LogP contribution in [-0.2, 0) is 14.8 Å². The molecule has 10 heteroatoms. The summed E-state index contributed by atoms with van der Waals surface area (Å²) >= 11 is 1.50. The molecule has 3 aromatic rings. The van der Waals surface area contributed by atoms with Crippen molar-refractivity contribution in [1.29, 1.82) is 0 Å². The Kier molecular flexibility index (Phi) is 7.99. The van der Waals surface area contributed by atoms with Crippen LogP contribution in [0.2, 0.25) is 0 Å². The average molecular weight is 531 g/mol. The minimum absolute atomic E-state index is 0.0000834. The molecule has 1 amide bonds. The molecule has 2 heterocycles. The van der Waals surface area contributed by atoms with Gasteiger partial charge in [-0.1, -0.05) is 35.1 Å². The zero-order chi connectivity index (χ0) is 26.0. The number of sulfonamides is 1. The van der Waals surface area contributed by atoms with Crippen molar-refractivity contribution in [2.75, 3.05) is 52.3 Å². The van der Waals surface area contributed by atoms with Gasteiger partial charge in [-0.3, -0.25) is 9.69 Å². The summed E-state index contributed by atoms with van der Waals surface area (Å²) in [5.74, 6) is 0.430. The Balaban J connectivity index is 1.55. The Morgan fingerprint density at radius 3 is 2.36 bits per heavy atom. The van der Waals surface area contributed by atoms with Gasteiger partial charge in [0.1, 0.15) is 11.3 Å². The quantitative estimate of drug-likeness (QED) is 0.439. The zero-order valence-electron chi connectivity index (χ0n) is 21.5. The van der Waals surface area contributed by atoms with Crippen LogP contribution in [0, 0.1) is 19.8 Å². The Morgan fingerprint density at radius 2 is 1.75 bits per heavy atom. The van der Waals surface area contributed by atoms with Gasteiger partial charge >= 0.3 is 0 Å². The summed E-state index contributed by atoms with van der Waals surface area (Å²) in [6.07, 6.45) is 0.964. The van der Waals surface area contributed by atoms with Crippen molar-refractivity contribution in [3.63, 3.8) is 0 Å². The number of hydrogen-bond acceptors (Lipinski definition) is 7. The lowest BCUT2D eigenvalue weighted by atomic mass is 9.96. The average Bonchev–Trinajstić information content (AvgIpc) is 3.30. The van der Waals surface area contributed by atoms with Gasteiger partial charge in [-0.05, 0) is 64.5 Å². The number of hydrogen-bond donors (Lipinski definition) is 0. The van der Waals surface area contributed by atoms with Crippen LogP contribution in [0.1, 0.15) is 24.0 Å². The summed E-state index contributed by atoms with van der Waals surface area (Å²) in [5, 5.41) is 0.652. The fourth-order valence-corrected chi connectivity index (χ4v) is 6.95. The number of carbonyl (C=O) groups excluding carboxylic acids is 1. The summed E-state index contributed by atoms with van der Waals surface area (Å²) in [7, 11) is 2.00. The van der Waals surface area contributed by atoms with Crippen molar-refractivity contribution in [2.45, 2.75) is 31.6 Å². The van der Waals surface area contributed by atoms with Crippen LogP contribution in [0.25, 0.3) is 10.2 Å². The van der Waals surface area contributed by atoms with E-state index in [0.29, 0.717) is 54.8 Å². The van der Waals surface area contributed by atoms with E-state index in [2.05, 4.69) is 0 Å². The van der Waals surface area contributed by atoms with Gasteiger partial charge in [0.2, 0.25) is 15.9 Å². The number of benzene rings is 2. The molecule has 1 saturated heterocycles. The third kappa shape index (κ3) is 5.41. The largest absolute Gasteiger partial charge is 0.494 e. The van der Waals surface area contributed by atoms with Gasteiger partial charge in [-0.15, -0.1) is 0 Å². The van der Waals surface area contributed by atoms with Crippen molar-refractivity contribution in [3.05, 3.63) is 47.5 Å². The van der Waals surface area contributed by atoms with E-state index in [-0.39, 0.29) is 11.8 Å². The fraction of sp³-hybridized carbons (Fsp3) is 0.462. The number of carbonyl (C=O) groups is 1. The van der Waals surface area contributed by atoms with E-state index in [1.807, 2.05) is 45.0 Å². The minimum Gasteiger partial charge on any atom is -0.494 e. The Labute approximate surface area is 217 Å². The second-order valence-corrected chi connectivity index (χ2v) is 12.5. The Hall–Kier alpha value is -2.53. The molecule has 1 aromatic heterocycles. The third-order valence-corrected chi connectivity index (χ3v) is 9.77. The second-order valence-electron chi connectivity index (χ2n) is 9.54. The number of anilines is 1. The van der Waals surface area contributed by atoms with E-state index in [0.717, 1.165) is 21.3 Å². The highest BCUT2D eigenvalue weighted by Gasteiger charge is 2.35. The van der Waals surface area contributed by atoms with Crippen molar-refractivity contribution < 1.29 is 17.9 Å². The molecule has 1 aliphatic heterocycles. The molecule has 36 heavy (non-hydrogen) atoms. The molecule has 2 aromatic carbocycles. The summed E-state index contributed by atoms with van der Waals surface area (Å²) in [5.41, 5.74) is 2.86. The van der Waals surface area contributed by atoms with Gasteiger partial charge in [0.05, 0.1) is 16.7 Å². The van der Waals surface area contributed by atoms with Crippen LogP contribution in [0.15, 0.2) is 41.3 Å². The molecule has 0 spiro atoms. The molecule has 1 fully saturated rings. The lowest BCUT2D eigenvalue weighted by Gasteiger charge is -2.33. The van der Waals surface area contributed by atoms with E-state index < -0.39 is 10.0 Å². The molecule has 0 aliphatic carbocycles. The van der Waals surface area contributed by atoms with E-state index in [1.165, 1.54) is 15.6 Å². The van der Waals surface area contributed by atoms with Crippen molar-refractivity contribution in [2.24, 2.45) is 5.92 Å². The lowest BCUT2D eigenvalue weighted by molar-refractivity contribution is -0.123. The number of fused-ring (bicyclic) bond motifs is 1. The summed E-state index contributed by atoms with van der Waals surface area (Å²) in [4.78, 5) is 22.7. The molecule has 0 radical (unpaired) electrons. The molecule has 0 unspecified atom stereocenters. The number of nitrogens with zero attached hydrogens (tertiary/aromatic N) is 4. The van der Waals surface area contributed by atoms with Gasteiger partial charge < -0.3 is 9.64 Å². The predicted molar refractivity (Wildman–Crippen MR) is 144 cm³/mol. The number of piperidine rings is 1. The van der Waals surface area contributed by atoms with E-state index in [1.54, 1.807) is 36.3 Å². The standard InChI is InChI=1S/C26H34N4O4S2/c1-18-6-9-21(10-7-18)36(32,33)29-14-12-20(13-15-29)25(31)30(17-16-28(3)4)26-27-23-22(34-5)11-8-19(2)24(23)35-26/h6-11,20H,12-17H2,1-5H3. The van der Waals surface area contributed by atoms with Crippen LogP contribution in [0.3, 0.4) is 0 Å². The third-order valence-electron chi connectivity index (χ3n) is 6.64. The first-order valence-corrected chi connectivity index (χ1v) is 14.3. The molecule has 8 nitrogen and oxygen atoms in total. The predicted octanol–water partition coefficient (Wildman–Crippen LogP) is 3.92. The fourth-order valence-electron chi connectivity index (χ4n) is 4.40. The van der Waals surface area contributed by atoms with E-state index >= 15 is 0 Å². The summed E-state index contributed by atoms with van der Waals surface area (Å²) in [6, 6.07) is 10.8. The molecule has 0 bridgehead atoms. The number of amides is 1. The minimum atomic E-state index is -3.57. The molecular weight excluding hydrogens is 496 g/mol. The van der Waals surface area contributed by atoms with Crippen molar-refractivity contribution in [3.8, 4) is 5.75 Å². The summed E-state index contributed by atoms with van der Waals surface area (Å²) < 4.78 is 34.2. The topological polar surface area (TPSA) is 83.0 Å². The zero-order valence-corrected chi connectivity index (χ0v) is 23.2.